The molecule has 1 atom stereocenters. The van der Waals surface area contributed by atoms with Gasteiger partial charge in [0.15, 0.2) is 17.4 Å². The number of halogens is 4. The van der Waals surface area contributed by atoms with Crippen LogP contribution in [-0.4, -0.2) is 26.6 Å². The van der Waals surface area contributed by atoms with Crippen molar-refractivity contribution in [1.82, 2.24) is 15.3 Å². The van der Waals surface area contributed by atoms with Crippen molar-refractivity contribution in [3.8, 4) is 11.3 Å². The molecule has 0 bridgehead atoms. The van der Waals surface area contributed by atoms with E-state index in [9.17, 15) is 22.7 Å². The number of hydrogen-bond acceptors (Lipinski definition) is 5. The quantitative estimate of drug-likeness (QED) is 0.736. The number of aliphatic hydroxyl groups is 1. The molecule has 114 valence electrons. The van der Waals surface area contributed by atoms with Crippen LogP contribution >= 0.6 is 0 Å². The lowest BCUT2D eigenvalue weighted by molar-refractivity contribution is -0.206. The molecular weight excluding hydrogens is 306 g/mol. The van der Waals surface area contributed by atoms with Crippen LogP contribution < -0.4 is 0 Å². The van der Waals surface area contributed by atoms with Gasteiger partial charge < -0.3 is 5.11 Å². The zero-order valence-electron chi connectivity index (χ0n) is 10.7. The van der Waals surface area contributed by atoms with Gasteiger partial charge >= 0.3 is 6.18 Å². The van der Waals surface area contributed by atoms with Crippen LogP contribution in [0.5, 0.6) is 0 Å². The second-order valence-corrected chi connectivity index (χ2v) is 4.48. The molecule has 2 aromatic heterocycles. The predicted molar refractivity (Wildman–Crippen MR) is 66.0 cm³/mol. The number of aromatic nitrogens is 3. The van der Waals surface area contributed by atoms with Gasteiger partial charge in [-0.2, -0.15) is 13.2 Å². The molecule has 0 aliphatic carbocycles. The molecule has 0 saturated heterocycles. The fraction of sp³-hybridized carbons (Fsp3) is 0.154. The Bertz CT molecular complexity index is 832. The summed E-state index contributed by atoms with van der Waals surface area (Å²) in [4.78, 5) is 3.81. The summed E-state index contributed by atoms with van der Waals surface area (Å²) >= 11 is 0. The Morgan fingerprint density at radius 2 is 1.95 bits per heavy atom. The number of rotatable bonds is 2. The van der Waals surface area contributed by atoms with Crippen molar-refractivity contribution in [1.29, 1.82) is 0 Å². The Morgan fingerprint density at radius 3 is 2.68 bits per heavy atom. The maximum atomic E-state index is 13.9. The highest BCUT2D eigenvalue weighted by Crippen LogP contribution is 2.37. The second-order valence-electron chi connectivity index (χ2n) is 4.48. The maximum absolute atomic E-state index is 13.9. The number of nitrogens with zero attached hydrogens (tertiary/aromatic N) is 3. The largest absolute Gasteiger partial charge is 0.418 e. The molecule has 0 amide bonds. The second kappa shape index (κ2) is 5.02. The van der Waals surface area contributed by atoms with Crippen LogP contribution in [0.4, 0.5) is 17.6 Å². The average Bonchev–Trinajstić information content (AvgIpc) is 2.94. The molecule has 1 unspecified atom stereocenters. The average molecular weight is 313 g/mol. The molecule has 1 aromatic carbocycles. The van der Waals surface area contributed by atoms with E-state index in [0.29, 0.717) is 0 Å². The highest BCUT2D eigenvalue weighted by molar-refractivity contribution is 5.81. The fourth-order valence-corrected chi connectivity index (χ4v) is 2.04. The lowest BCUT2D eigenvalue weighted by Gasteiger charge is -2.17. The zero-order chi connectivity index (χ0) is 15.9. The first-order chi connectivity index (χ1) is 10.4. The first-order valence-electron chi connectivity index (χ1n) is 6.00. The van der Waals surface area contributed by atoms with Crippen molar-refractivity contribution < 1.29 is 27.3 Å². The van der Waals surface area contributed by atoms with Gasteiger partial charge in [-0.3, -0.25) is 4.98 Å². The Labute approximate surface area is 120 Å². The molecule has 2 heterocycles. The van der Waals surface area contributed by atoms with Crippen LogP contribution in [0.1, 0.15) is 11.7 Å². The van der Waals surface area contributed by atoms with Crippen molar-refractivity contribution >= 4 is 11.0 Å². The highest BCUT2D eigenvalue weighted by atomic mass is 19.4. The van der Waals surface area contributed by atoms with Crippen LogP contribution in [-0.2, 0) is 0 Å². The predicted octanol–water partition coefficient (Wildman–Crippen LogP) is 3.02. The minimum atomic E-state index is -4.87. The third-order valence-corrected chi connectivity index (χ3v) is 3.03. The minimum Gasteiger partial charge on any atom is -0.379 e. The van der Waals surface area contributed by atoms with E-state index in [1.165, 1.54) is 18.3 Å². The Balaban J connectivity index is 2.18. The summed E-state index contributed by atoms with van der Waals surface area (Å²) in [6.45, 7) is 0. The first kappa shape index (κ1) is 14.4. The van der Waals surface area contributed by atoms with Gasteiger partial charge in [0.1, 0.15) is 5.52 Å². The summed E-state index contributed by atoms with van der Waals surface area (Å²) in [7, 11) is 0. The van der Waals surface area contributed by atoms with E-state index >= 15 is 0 Å². The molecule has 5 nitrogen and oxygen atoms in total. The van der Waals surface area contributed by atoms with Crippen LogP contribution in [0.2, 0.25) is 0 Å². The van der Waals surface area contributed by atoms with Gasteiger partial charge in [-0.05, 0) is 28.5 Å². The number of alkyl halides is 3. The van der Waals surface area contributed by atoms with E-state index in [4.69, 9.17) is 0 Å². The van der Waals surface area contributed by atoms with Crippen molar-refractivity contribution in [3.63, 3.8) is 0 Å². The van der Waals surface area contributed by atoms with E-state index in [1.807, 2.05) is 0 Å². The third kappa shape index (κ3) is 2.39. The normalized spacial score (nSPS) is 13.5. The topological polar surface area (TPSA) is 72.0 Å². The molecule has 22 heavy (non-hydrogen) atoms. The summed E-state index contributed by atoms with van der Waals surface area (Å²) in [5, 5.41) is 16.2. The lowest BCUT2D eigenvalue weighted by atomic mass is 10.0. The molecule has 0 spiro atoms. The highest BCUT2D eigenvalue weighted by Gasteiger charge is 2.41. The van der Waals surface area contributed by atoms with Gasteiger partial charge in [-0.25, -0.2) is 9.02 Å². The Morgan fingerprint density at radius 1 is 1.18 bits per heavy atom. The SMILES string of the molecule is OC(c1cccnc1-c1cc(F)c2nonc2c1)C(F)(F)F. The van der Waals surface area contributed by atoms with E-state index in [-0.39, 0.29) is 22.3 Å². The van der Waals surface area contributed by atoms with Crippen molar-refractivity contribution in [2.45, 2.75) is 12.3 Å². The number of pyridine rings is 1. The summed E-state index contributed by atoms with van der Waals surface area (Å²) in [6.07, 6.45) is -6.36. The molecule has 9 heteroatoms. The van der Waals surface area contributed by atoms with E-state index < -0.39 is 23.7 Å². The Hall–Kier alpha value is -2.55. The van der Waals surface area contributed by atoms with Gasteiger partial charge in [-0.1, -0.05) is 6.07 Å². The number of aliphatic hydroxyl groups excluding tert-OH is 1. The third-order valence-electron chi connectivity index (χ3n) is 3.03. The van der Waals surface area contributed by atoms with E-state index in [1.54, 1.807) is 0 Å². The van der Waals surface area contributed by atoms with Crippen molar-refractivity contribution in [2.75, 3.05) is 0 Å². The van der Waals surface area contributed by atoms with Crippen LogP contribution in [0.3, 0.4) is 0 Å². The van der Waals surface area contributed by atoms with Crippen LogP contribution in [0.25, 0.3) is 22.3 Å². The molecular formula is C13H7F4N3O2. The molecule has 3 aromatic rings. The first-order valence-corrected chi connectivity index (χ1v) is 6.00. The molecule has 0 saturated carbocycles. The zero-order valence-corrected chi connectivity index (χ0v) is 10.7. The Kier molecular flexibility index (Phi) is 3.28. The smallest absolute Gasteiger partial charge is 0.379 e. The summed E-state index contributed by atoms with van der Waals surface area (Å²) in [6, 6.07) is 4.56. The molecule has 3 rings (SSSR count). The van der Waals surface area contributed by atoms with Crippen LogP contribution in [0, 0.1) is 5.82 Å². The van der Waals surface area contributed by atoms with Crippen LogP contribution in [0.15, 0.2) is 35.1 Å². The van der Waals surface area contributed by atoms with Gasteiger partial charge in [0, 0.05) is 17.3 Å². The van der Waals surface area contributed by atoms with Gasteiger partial charge in [0.2, 0.25) is 0 Å². The monoisotopic (exact) mass is 313 g/mol. The molecule has 0 aliphatic rings. The van der Waals surface area contributed by atoms with Crippen molar-refractivity contribution in [2.24, 2.45) is 0 Å². The molecule has 1 N–H and O–H groups in total. The molecule has 0 aliphatic heterocycles. The summed E-state index contributed by atoms with van der Waals surface area (Å²) in [5.41, 5.74) is -0.758. The number of fused-ring (bicyclic) bond motifs is 1. The summed E-state index contributed by atoms with van der Waals surface area (Å²) in [5.74, 6) is -0.813. The van der Waals surface area contributed by atoms with E-state index in [2.05, 4.69) is 19.9 Å². The number of benzene rings is 1. The molecule has 0 fully saturated rings. The number of hydrogen-bond donors (Lipinski definition) is 1. The van der Waals surface area contributed by atoms with Gasteiger partial charge in [-0.15, -0.1) is 0 Å². The van der Waals surface area contributed by atoms with Gasteiger partial charge in [0.05, 0.1) is 5.69 Å². The van der Waals surface area contributed by atoms with E-state index in [0.717, 1.165) is 12.1 Å². The standard InChI is InChI=1S/C13H7F4N3O2/c14-8-4-6(5-9-11(8)20-22-19-9)10-7(2-1-3-18-10)12(21)13(15,16)17/h1-5,12,21H. The maximum Gasteiger partial charge on any atom is 0.418 e. The fourth-order valence-electron chi connectivity index (χ4n) is 2.04. The lowest BCUT2D eigenvalue weighted by Crippen LogP contribution is -2.21. The summed E-state index contributed by atoms with van der Waals surface area (Å²) < 4.78 is 56.4. The minimum absolute atomic E-state index is 0.0274. The molecule has 0 radical (unpaired) electrons. The van der Waals surface area contributed by atoms with Gasteiger partial charge in [0.25, 0.3) is 0 Å². The van der Waals surface area contributed by atoms with Crippen molar-refractivity contribution in [3.05, 3.63) is 41.8 Å².